The van der Waals surface area contributed by atoms with E-state index in [4.69, 9.17) is 0 Å². The van der Waals surface area contributed by atoms with Crippen molar-refractivity contribution < 1.29 is 17.6 Å². The number of nitrogens with one attached hydrogen (secondary N) is 2. The summed E-state index contributed by atoms with van der Waals surface area (Å²) >= 11 is 0. The van der Waals surface area contributed by atoms with Crippen LogP contribution in [0.3, 0.4) is 0 Å². The standard InChI is InChI=1S/C17H19FN2O3S/c1-11-8-9-12(2)16(10-11)24(22,23)20-13(3)17(21)19-15-7-5-4-6-14(15)18/h4-10,13,20H,1-3H3,(H,19,21)/t13-/m0/s1. The van der Waals surface area contributed by atoms with Gasteiger partial charge in [-0.15, -0.1) is 0 Å². The molecule has 0 aliphatic heterocycles. The number of halogens is 1. The predicted octanol–water partition coefficient (Wildman–Crippen LogP) is 2.75. The lowest BCUT2D eigenvalue weighted by molar-refractivity contribution is -0.117. The van der Waals surface area contributed by atoms with E-state index in [1.54, 1.807) is 32.0 Å². The molecule has 2 rings (SSSR count). The van der Waals surface area contributed by atoms with E-state index in [9.17, 15) is 17.6 Å². The van der Waals surface area contributed by atoms with E-state index < -0.39 is 27.8 Å². The number of carbonyl (C=O) groups excluding carboxylic acids is 1. The number of amides is 1. The van der Waals surface area contributed by atoms with Gasteiger partial charge in [-0.25, -0.2) is 12.8 Å². The Labute approximate surface area is 141 Å². The Hall–Kier alpha value is -2.25. The molecular formula is C17H19FN2O3S. The third-order valence-corrected chi connectivity index (χ3v) is 5.17. The fourth-order valence-corrected chi connectivity index (χ4v) is 3.68. The molecule has 2 N–H and O–H groups in total. The zero-order chi connectivity index (χ0) is 17.9. The smallest absolute Gasteiger partial charge is 0.242 e. The minimum atomic E-state index is -3.86. The van der Waals surface area contributed by atoms with Crippen LogP contribution in [-0.2, 0) is 14.8 Å². The van der Waals surface area contributed by atoms with Gasteiger partial charge in [0.2, 0.25) is 15.9 Å². The monoisotopic (exact) mass is 350 g/mol. The third-order valence-electron chi connectivity index (χ3n) is 3.49. The van der Waals surface area contributed by atoms with Crippen molar-refractivity contribution in [1.29, 1.82) is 0 Å². The van der Waals surface area contributed by atoms with Gasteiger partial charge in [0.1, 0.15) is 5.82 Å². The summed E-state index contributed by atoms with van der Waals surface area (Å²) in [6.45, 7) is 4.86. The van der Waals surface area contributed by atoms with Gasteiger partial charge >= 0.3 is 0 Å². The SMILES string of the molecule is Cc1ccc(C)c(S(=O)(=O)N[C@@H](C)C(=O)Nc2ccccc2F)c1. The Morgan fingerprint density at radius 3 is 2.46 bits per heavy atom. The molecule has 24 heavy (non-hydrogen) atoms. The van der Waals surface area contributed by atoms with Crippen LogP contribution in [0.4, 0.5) is 10.1 Å². The molecule has 0 radical (unpaired) electrons. The van der Waals surface area contributed by atoms with Crippen LogP contribution in [0.5, 0.6) is 0 Å². The maximum atomic E-state index is 13.6. The van der Waals surface area contributed by atoms with Crippen LogP contribution in [0, 0.1) is 19.7 Å². The van der Waals surface area contributed by atoms with Gasteiger partial charge in [0.15, 0.2) is 0 Å². The lowest BCUT2D eigenvalue weighted by Crippen LogP contribution is -2.41. The summed E-state index contributed by atoms with van der Waals surface area (Å²) < 4.78 is 40.8. The summed E-state index contributed by atoms with van der Waals surface area (Å²) in [7, 11) is -3.86. The Bertz CT molecular complexity index is 866. The lowest BCUT2D eigenvalue weighted by atomic mass is 10.2. The summed E-state index contributed by atoms with van der Waals surface area (Å²) in [5.74, 6) is -1.23. The number of hydrogen-bond acceptors (Lipinski definition) is 3. The minimum Gasteiger partial charge on any atom is -0.322 e. The topological polar surface area (TPSA) is 75.3 Å². The Balaban J connectivity index is 2.16. The van der Waals surface area contributed by atoms with Crippen molar-refractivity contribution in [2.24, 2.45) is 0 Å². The Morgan fingerprint density at radius 1 is 1.12 bits per heavy atom. The van der Waals surface area contributed by atoms with Gasteiger partial charge in [-0.1, -0.05) is 24.3 Å². The first-order chi connectivity index (χ1) is 11.2. The molecule has 0 unspecified atom stereocenters. The van der Waals surface area contributed by atoms with Gasteiger partial charge < -0.3 is 5.32 Å². The Morgan fingerprint density at radius 2 is 1.79 bits per heavy atom. The van der Waals surface area contributed by atoms with Crippen LogP contribution in [0.25, 0.3) is 0 Å². The van der Waals surface area contributed by atoms with Crippen molar-refractivity contribution in [1.82, 2.24) is 4.72 Å². The molecule has 7 heteroatoms. The summed E-state index contributed by atoms with van der Waals surface area (Å²) in [5.41, 5.74) is 1.37. The van der Waals surface area contributed by atoms with E-state index in [-0.39, 0.29) is 10.6 Å². The number of para-hydroxylation sites is 1. The van der Waals surface area contributed by atoms with Crippen molar-refractivity contribution in [3.63, 3.8) is 0 Å². The average molecular weight is 350 g/mol. The fraction of sp³-hybridized carbons (Fsp3) is 0.235. The highest BCUT2D eigenvalue weighted by atomic mass is 32.2. The van der Waals surface area contributed by atoms with E-state index in [0.717, 1.165) is 5.56 Å². The number of hydrogen-bond donors (Lipinski definition) is 2. The van der Waals surface area contributed by atoms with Crippen molar-refractivity contribution in [2.75, 3.05) is 5.32 Å². The molecule has 5 nitrogen and oxygen atoms in total. The van der Waals surface area contributed by atoms with Gasteiger partial charge in [-0.05, 0) is 50.1 Å². The lowest BCUT2D eigenvalue weighted by Gasteiger charge is -2.16. The van der Waals surface area contributed by atoms with Crippen LogP contribution in [0.15, 0.2) is 47.4 Å². The molecule has 0 aromatic heterocycles. The van der Waals surface area contributed by atoms with Crippen molar-refractivity contribution in [2.45, 2.75) is 31.7 Å². The minimum absolute atomic E-state index is 0.000263. The first kappa shape index (κ1) is 18.1. The Kier molecular flexibility index (Phi) is 5.36. The van der Waals surface area contributed by atoms with Gasteiger partial charge in [0.25, 0.3) is 0 Å². The first-order valence-electron chi connectivity index (χ1n) is 7.35. The third kappa shape index (κ3) is 4.18. The number of aryl methyl sites for hydroxylation is 2. The molecule has 0 aliphatic carbocycles. The largest absolute Gasteiger partial charge is 0.322 e. The molecule has 0 spiro atoms. The maximum absolute atomic E-state index is 13.6. The van der Waals surface area contributed by atoms with Crippen molar-refractivity contribution in [3.05, 3.63) is 59.4 Å². The normalized spacial score (nSPS) is 12.7. The quantitative estimate of drug-likeness (QED) is 0.871. The molecule has 2 aromatic carbocycles. The molecule has 0 saturated carbocycles. The summed E-state index contributed by atoms with van der Waals surface area (Å²) in [5, 5.41) is 2.37. The van der Waals surface area contributed by atoms with Crippen LogP contribution in [0.1, 0.15) is 18.1 Å². The number of anilines is 1. The number of benzene rings is 2. The molecule has 0 fully saturated rings. The molecule has 128 valence electrons. The van der Waals surface area contributed by atoms with E-state index in [1.165, 1.54) is 25.1 Å². The average Bonchev–Trinajstić information content (AvgIpc) is 2.51. The molecule has 0 aliphatic rings. The highest BCUT2D eigenvalue weighted by Crippen LogP contribution is 2.17. The van der Waals surface area contributed by atoms with E-state index in [0.29, 0.717) is 5.56 Å². The van der Waals surface area contributed by atoms with Crippen LogP contribution in [-0.4, -0.2) is 20.4 Å². The molecule has 1 amide bonds. The number of rotatable bonds is 5. The van der Waals surface area contributed by atoms with Crippen LogP contribution < -0.4 is 10.0 Å². The second kappa shape index (κ2) is 7.11. The summed E-state index contributed by atoms with van der Waals surface area (Å²) in [6, 6.07) is 9.67. The number of sulfonamides is 1. The van der Waals surface area contributed by atoms with E-state index in [1.807, 2.05) is 6.07 Å². The van der Waals surface area contributed by atoms with Gasteiger partial charge in [0, 0.05) is 0 Å². The maximum Gasteiger partial charge on any atom is 0.242 e. The second-order valence-corrected chi connectivity index (χ2v) is 7.26. The molecule has 1 atom stereocenters. The predicted molar refractivity (Wildman–Crippen MR) is 90.7 cm³/mol. The van der Waals surface area contributed by atoms with Crippen LogP contribution >= 0.6 is 0 Å². The highest BCUT2D eigenvalue weighted by Gasteiger charge is 2.24. The van der Waals surface area contributed by atoms with E-state index >= 15 is 0 Å². The zero-order valence-electron chi connectivity index (χ0n) is 13.6. The zero-order valence-corrected chi connectivity index (χ0v) is 14.4. The van der Waals surface area contributed by atoms with Crippen molar-refractivity contribution >= 4 is 21.6 Å². The highest BCUT2D eigenvalue weighted by molar-refractivity contribution is 7.89. The molecular weight excluding hydrogens is 331 g/mol. The molecule has 0 bridgehead atoms. The van der Waals surface area contributed by atoms with E-state index in [2.05, 4.69) is 10.0 Å². The second-order valence-electron chi connectivity index (χ2n) is 5.58. The van der Waals surface area contributed by atoms with Gasteiger partial charge in [-0.2, -0.15) is 4.72 Å². The van der Waals surface area contributed by atoms with Crippen molar-refractivity contribution in [3.8, 4) is 0 Å². The van der Waals surface area contributed by atoms with Gasteiger partial charge in [0.05, 0.1) is 16.6 Å². The number of carbonyl (C=O) groups is 1. The molecule has 2 aromatic rings. The van der Waals surface area contributed by atoms with Gasteiger partial charge in [-0.3, -0.25) is 4.79 Å². The summed E-state index contributed by atoms with van der Waals surface area (Å²) in [6.07, 6.45) is 0. The van der Waals surface area contributed by atoms with Crippen LogP contribution in [0.2, 0.25) is 0 Å². The molecule has 0 heterocycles. The first-order valence-corrected chi connectivity index (χ1v) is 8.84. The fourth-order valence-electron chi connectivity index (χ4n) is 2.15. The molecule has 0 saturated heterocycles. The summed E-state index contributed by atoms with van der Waals surface area (Å²) in [4.78, 5) is 12.2.